The molecular weight excluding hydrogens is 211 g/mol. The zero-order chi connectivity index (χ0) is 11.3. The van der Waals surface area contributed by atoms with Gasteiger partial charge in [-0.3, -0.25) is 0 Å². The zero-order valence-corrected chi connectivity index (χ0v) is 10.6. The van der Waals surface area contributed by atoms with E-state index in [1.165, 1.54) is 0 Å². The van der Waals surface area contributed by atoms with Crippen LogP contribution in [0.15, 0.2) is 12.1 Å². The Balaban J connectivity index is 3.24. The van der Waals surface area contributed by atoms with Crippen molar-refractivity contribution in [1.82, 2.24) is 0 Å². The standard InChI is InChI=1S/C11H17O3P/c1-5-15-11-9(13-3)7-6-8(12-2)10(11)14-4/h6-7,15H,5H2,1-4H3. The first-order chi connectivity index (χ1) is 7.28. The van der Waals surface area contributed by atoms with E-state index in [0.717, 1.165) is 28.7 Å². The summed E-state index contributed by atoms with van der Waals surface area (Å²) in [6.07, 6.45) is 1.07. The lowest BCUT2D eigenvalue weighted by atomic mass is 10.3. The second kappa shape index (κ2) is 5.82. The fraction of sp³-hybridized carbons (Fsp3) is 0.455. The number of ether oxygens (including phenoxy) is 3. The average Bonchev–Trinajstić information content (AvgIpc) is 2.28. The van der Waals surface area contributed by atoms with Crippen molar-refractivity contribution in [2.75, 3.05) is 27.5 Å². The normalized spacial score (nSPS) is 10.7. The van der Waals surface area contributed by atoms with Gasteiger partial charge in [0.2, 0.25) is 0 Å². The predicted octanol–water partition coefficient (Wildman–Crippen LogP) is 2.04. The average molecular weight is 228 g/mol. The molecule has 0 aliphatic heterocycles. The first kappa shape index (κ1) is 12.1. The molecule has 1 atom stereocenters. The third kappa shape index (κ3) is 2.54. The molecule has 3 nitrogen and oxygen atoms in total. The second-order valence-corrected chi connectivity index (χ2v) is 4.47. The van der Waals surface area contributed by atoms with Gasteiger partial charge in [0.15, 0.2) is 11.5 Å². The summed E-state index contributed by atoms with van der Waals surface area (Å²) in [6.45, 7) is 2.14. The number of hydrogen-bond donors (Lipinski definition) is 0. The maximum atomic E-state index is 5.36. The highest BCUT2D eigenvalue weighted by Gasteiger charge is 2.14. The Morgan fingerprint density at radius 3 is 2.07 bits per heavy atom. The fourth-order valence-electron chi connectivity index (χ4n) is 1.42. The highest BCUT2D eigenvalue weighted by atomic mass is 31.1. The lowest BCUT2D eigenvalue weighted by molar-refractivity contribution is 0.353. The molecule has 0 aromatic heterocycles. The molecule has 0 saturated heterocycles. The van der Waals surface area contributed by atoms with Crippen LogP contribution in [0.1, 0.15) is 6.92 Å². The molecule has 0 fully saturated rings. The molecule has 0 aliphatic rings. The SMILES string of the molecule is CCPc1c(OC)ccc(OC)c1OC. The third-order valence-electron chi connectivity index (χ3n) is 2.08. The van der Waals surface area contributed by atoms with Crippen LogP contribution in [-0.2, 0) is 0 Å². The molecule has 0 aliphatic carbocycles. The highest BCUT2D eigenvalue weighted by Crippen LogP contribution is 2.34. The fourth-order valence-corrected chi connectivity index (χ4v) is 2.52. The van der Waals surface area contributed by atoms with E-state index >= 15 is 0 Å². The van der Waals surface area contributed by atoms with Gasteiger partial charge in [0.1, 0.15) is 5.75 Å². The number of benzene rings is 1. The summed E-state index contributed by atoms with van der Waals surface area (Å²) in [5, 5.41) is 1.10. The first-order valence-corrected chi connectivity index (χ1v) is 6.02. The van der Waals surface area contributed by atoms with Gasteiger partial charge < -0.3 is 14.2 Å². The second-order valence-electron chi connectivity index (χ2n) is 2.91. The van der Waals surface area contributed by atoms with E-state index in [4.69, 9.17) is 14.2 Å². The summed E-state index contributed by atoms with van der Waals surface area (Å²) < 4.78 is 15.9. The van der Waals surface area contributed by atoms with Gasteiger partial charge in [-0.2, -0.15) is 0 Å². The quantitative estimate of drug-likeness (QED) is 0.722. The van der Waals surface area contributed by atoms with Crippen LogP contribution in [-0.4, -0.2) is 27.5 Å². The van der Waals surface area contributed by atoms with E-state index < -0.39 is 0 Å². The molecule has 0 bridgehead atoms. The van der Waals surface area contributed by atoms with Crippen LogP contribution in [0, 0.1) is 0 Å². The summed E-state index contributed by atoms with van der Waals surface area (Å²) in [4.78, 5) is 0. The van der Waals surface area contributed by atoms with E-state index in [0.29, 0.717) is 8.58 Å². The monoisotopic (exact) mass is 228 g/mol. The number of hydrogen-bond acceptors (Lipinski definition) is 3. The Kier molecular flexibility index (Phi) is 4.70. The summed E-state index contributed by atoms with van der Waals surface area (Å²) in [5.74, 6) is 2.42. The van der Waals surface area contributed by atoms with Crippen LogP contribution < -0.4 is 19.5 Å². The minimum Gasteiger partial charge on any atom is -0.496 e. The topological polar surface area (TPSA) is 27.7 Å². The minimum atomic E-state index is 0.668. The summed E-state index contributed by atoms with van der Waals surface area (Å²) >= 11 is 0. The molecule has 1 rings (SSSR count). The van der Waals surface area contributed by atoms with Crippen molar-refractivity contribution >= 4 is 13.9 Å². The zero-order valence-electron chi connectivity index (χ0n) is 9.59. The summed E-state index contributed by atoms with van der Waals surface area (Å²) in [5.41, 5.74) is 0. The van der Waals surface area contributed by atoms with E-state index in [2.05, 4.69) is 6.92 Å². The van der Waals surface area contributed by atoms with E-state index in [1.807, 2.05) is 12.1 Å². The molecular formula is C11H17O3P. The van der Waals surface area contributed by atoms with Crippen molar-refractivity contribution in [2.24, 2.45) is 0 Å². The van der Waals surface area contributed by atoms with Crippen LogP contribution in [0.3, 0.4) is 0 Å². The lowest BCUT2D eigenvalue weighted by Gasteiger charge is -2.15. The highest BCUT2D eigenvalue weighted by molar-refractivity contribution is 7.47. The van der Waals surface area contributed by atoms with Gasteiger partial charge in [0.25, 0.3) is 0 Å². The molecule has 0 spiro atoms. The molecule has 84 valence electrons. The van der Waals surface area contributed by atoms with Gasteiger partial charge in [0.05, 0.1) is 26.6 Å². The third-order valence-corrected chi connectivity index (χ3v) is 3.26. The molecule has 1 unspecified atom stereocenters. The summed E-state index contributed by atoms with van der Waals surface area (Å²) in [7, 11) is 5.64. The van der Waals surface area contributed by atoms with Gasteiger partial charge >= 0.3 is 0 Å². The Labute approximate surface area is 92.5 Å². The molecule has 1 aromatic carbocycles. The molecule has 0 amide bonds. The molecule has 0 radical (unpaired) electrons. The van der Waals surface area contributed by atoms with E-state index in [1.54, 1.807) is 21.3 Å². The van der Waals surface area contributed by atoms with Crippen molar-refractivity contribution < 1.29 is 14.2 Å². The van der Waals surface area contributed by atoms with Crippen LogP contribution in [0.5, 0.6) is 17.2 Å². The van der Waals surface area contributed by atoms with Crippen LogP contribution in [0.2, 0.25) is 0 Å². The van der Waals surface area contributed by atoms with Crippen LogP contribution >= 0.6 is 8.58 Å². The Morgan fingerprint density at radius 2 is 1.60 bits per heavy atom. The Bertz CT molecular complexity index is 326. The van der Waals surface area contributed by atoms with Gasteiger partial charge in [-0.1, -0.05) is 15.5 Å². The van der Waals surface area contributed by atoms with Crippen molar-refractivity contribution in [2.45, 2.75) is 6.92 Å². The molecule has 0 heterocycles. The van der Waals surface area contributed by atoms with Gasteiger partial charge in [-0.15, -0.1) is 0 Å². The Hall–Kier alpha value is -0.950. The molecule has 15 heavy (non-hydrogen) atoms. The van der Waals surface area contributed by atoms with Crippen molar-refractivity contribution in [1.29, 1.82) is 0 Å². The minimum absolute atomic E-state index is 0.668. The largest absolute Gasteiger partial charge is 0.496 e. The smallest absolute Gasteiger partial charge is 0.171 e. The maximum absolute atomic E-state index is 5.36. The lowest BCUT2D eigenvalue weighted by Crippen LogP contribution is -2.07. The summed E-state index contributed by atoms with van der Waals surface area (Å²) in [6, 6.07) is 3.78. The van der Waals surface area contributed by atoms with Crippen molar-refractivity contribution in [3.8, 4) is 17.2 Å². The van der Waals surface area contributed by atoms with E-state index in [9.17, 15) is 0 Å². The van der Waals surface area contributed by atoms with Crippen molar-refractivity contribution in [3.63, 3.8) is 0 Å². The number of methoxy groups -OCH3 is 3. The van der Waals surface area contributed by atoms with Gasteiger partial charge in [0, 0.05) is 0 Å². The van der Waals surface area contributed by atoms with Crippen LogP contribution in [0.4, 0.5) is 0 Å². The van der Waals surface area contributed by atoms with Gasteiger partial charge in [-0.25, -0.2) is 0 Å². The first-order valence-electron chi connectivity index (χ1n) is 4.81. The van der Waals surface area contributed by atoms with Gasteiger partial charge in [-0.05, 0) is 18.3 Å². The molecule has 1 aromatic rings. The van der Waals surface area contributed by atoms with Crippen LogP contribution in [0.25, 0.3) is 0 Å². The predicted molar refractivity (Wildman–Crippen MR) is 64.6 cm³/mol. The van der Waals surface area contributed by atoms with Crippen molar-refractivity contribution in [3.05, 3.63) is 12.1 Å². The molecule has 4 heteroatoms. The molecule has 0 N–H and O–H groups in total. The molecule has 0 saturated carbocycles. The Morgan fingerprint density at radius 1 is 1.00 bits per heavy atom. The maximum Gasteiger partial charge on any atom is 0.171 e. The van der Waals surface area contributed by atoms with E-state index in [-0.39, 0.29) is 0 Å². The number of rotatable bonds is 5.